The van der Waals surface area contributed by atoms with E-state index in [1.54, 1.807) is 0 Å². The van der Waals surface area contributed by atoms with E-state index >= 15 is 0 Å². The van der Waals surface area contributed by atoms with Crippen LogP contribution in [0.3, 0.4) is 0 Å². The van der Waals surface area contributed by atoms with Crippen LogP contribution in [0.4, 0.5) is 0 Å². The van der Waals surface area contributed by atoms with Crippen molar-refractivity contribution in [1.82, 2.24) is 0 Å². The first-order chi connectivity index (χ1) is 9.89. The van der Waals surface area contributed by atoms with Crippen molar-refractivity contribution in [3.05, 3.63) is 24.3 Å². The highest BCUT2D eigenvalue weighted by molar-refractivity contribution is 6.63. The molecule has 1 aliphatic heterocycles. The Kier molecular flexibility index (Phi) is 3.79. The van der Waals surface area contributed by atoms with E-state index in [9.17, 15) is 0 Å². The van der Waals surface area contributed by atoms with Gasteiger partial charge in [-0.3, -0.25) is 0 Å². The van der Waals surface area contributed by atoms with Gasteiger partial charge in [0.15, 0.2) is 0 Å². The smallest absolute Gasteiger partial charge is 0.491 e. The molecule has 1 saturated carbocycles. The second kappa shape index (κ2) is 5.33. The van der Waals surface area contributed by atoms with Crippen molar-refractivity contribution in [2.24, 2.45) is 0 Å². The van der Waals surface area contributed by atoms with E-state index in [1.165, 1.54) is 12.8 Å². The Bertz CT molecular complexity index is 491. The lowest BCUT2D eigenvalue weighted by molar-refractivity contribution is 0.00578. The third kappa shape index (κ3) is 2.84. The molecular formula is C17H25BO3. The quantitative estimate of drug-likeness (QED) is 0.799. The molecule has 1 saturated heterocycles. The Hall–Kier alpha value is -0.995. The minimum atomic E-state index is -0.354. The van der Waals surface area contributed by atoms with Crippen LogP contribution in [0.15, 0.2) is 24.3 Å². The van der Waals surface area contributed by atoms with E-state index in [4.69, 9.17) is 14.0 Å². The van der Waals surface area contributed by atoms with Crippen LogP contribution in [0.25, 0.3) is 0 Å². The summed E-state index contributed by atoms with van der Waals surface area (Å²) in [6.07, 6.45) is 5.18. The van der Waals surface area contributed by atoms with Crippen molar-refractivity contribution in [1.29, 1.82) is 0 Å². The van der Waals surface area contributed by atoms with E-state index in [1.807, 2.05) is 24.3 Å². The fourth-order valence-electron chi connectivity index (χ4n) is 2.94. The predicted octanol–water partition coefficient (Wildman–Crippen LogP) is 3.31. The number of hydrogen-bond donors (Lipinski definition) is 0. The van der Waals surface area contributed by atoms with Crippen LogP contribution in [0.5, 0.6) is 5.75 Å². The topological polar surface area (TPSA) is 27.7 Å². The minimum Gasteiger partial charge on any atom is -0.491 e. The van der Waals surface area contributed by atoms with Gasteiger partial charge in [0, 0.05) is 5.46 Å². The van der Waals surface area contributed by atoms with Crippen molar-refractivity contribution >= 4 is 12.6 Å². The van der Waals surface area contributed by atoms with Gasteiger partial charge in [0.05, 0.1) is 17.3 Å². The van der Waals surface area contributed by atoms with Crippen molar-refractivity contribution in [2.45, 2.75) is 70.7 Å². The molecule has 114 valence electrons. The number of benzene rings is 1. The van der Waals surface area contributed by atoms with E-state index in [0.717, 1.165) is 24.1 Å². The van der Waals surface area contributed by atoms with Gasteiger partial charge in [0.25, 0.3) is 0 Å². The molecule has 1 aromatic rings. The van der Waals surface area contributed by atoms with Crippen LogP contribution in [0, 0.1) is 0 Å². The monoisotopic (exact) mass is 288 g/mol. The van der Waals surface area contributed by atoms with Crippen LogP contribution in [-0.2, 0) is 9.31 Å². The third-order valence-electron chi connectivity index (χ3n) is 5.02. The van der Waals surface area contributed by atoms with Gasteiger partial charge < -0.3 is 14.0 Å². The van der Waals surface area contributed by atoms with Crippen molar-refractivity contribution in [2.75, 3.05) is 0 Å². The molecule has 3 nitrogen and oxygen atoms in total. The number of para-hydroxylation sites is 1. The summed E-state index contributed by atoms with van der Waals surface area (Å²) in [6, 6.07) is 8.10. The van der Waals surface area contributed by atoms with Gasteiger partial charge >= 0.3 is 7.12 Å². The second-order valence-corrected chi connectivity index (χ2v) is 7.15. The standard InChI is InChI=1S/C17H25BO3/c1-16(2)17(3,4)21-18(20-16)14-11-7-8-12-15(14)19-13-9-5-6-10-13/h7-8,11-13H,5-6,9-10H2,1-4H3. The molecule has 0 unspecified atom stereocenters. The lowest BCUT2D eigenvalue weighted by Crippen LogP contribution is -2.41. The van der Waals surface area contributed by atoms with E-state index < -0.39 is 0 Å². The average Bonchev–Trinajstić information content (AvgIpc) is 2.97. The highest BCUT2D eigenvalue weighted by Crippen LogP contribution is 2.37. The predicted molar refractivity (Wildman–Crippen MR) is 85.0 cm³/mol. The zero-order valence-electron chi connectivity index (χ0n) is 13.5. The largest absolute Gasteiger partial charge is 0.498 e. The maximum atomic E-state index is 6.20. The highest BCUT2D eigenvalue weighted by Gasteiger charge is 2.52. The average molecular weight is 288 g/mol. The van der Waals surface area contributed by atoms with Gasteiger partial charge in [-0.05, 0) is 59.4 Å². The Balaban J connectivity index is 1.82. The van der Waals surface area contributed by atoms with Crippen LogP contribution >= 0.6 is 0 Å². The normalized spacial score (nSPS) is 24.5. The number of hydrogen-bond acceptors (Lipinski definition) is 3. The Morgan fingerprint density at radius 3 is 2.19 bits per heavy atom. The molecule has 0 spiro atoms. The van der Waals surface area contributed by atoms with Crippen molar-refractivity contribution in [3.8, 4) is 5.75 Å². The van der Waals surface area contributed by atoms with Gasteiger partial charge in [-0.25, -0.2) is 0 Å². The zero-order chi connectivity index (χ0) is 15.1. The minimum absolute atomic E-state index is 0.321. The molecule has 0 amide bonds. The molecular weight excluding hydrogens is 263 g/mol. The molecule has 21 heavy (non-hydrogen) atoms. The Labute approximate surface area is 128 Å². The summed E-state index contributed by atoms with van der Waals surface area (Å²) in [5.41, 5.74) is 0.360. The van der Waals surface area contributed by atoms with Gasteiger partial charge in [0.1, 0.15) is 5.75 Å². The van der Waals surface area contributed by atoms with E-state index in [-0.39, 0.29) is 18.3 Å². The van der Waals surface area contributed by atoms with Crippen LogP contribution < -0.4 is 10.2 Å². The molecule has 1 heterocycles. The molecule has 0 N–H and O–H groups in total. The molecule has 2 fully saturated rings. The fraction of sp³-hybridized carbons (Fsp3) is 0.647. The SMILES string of the molecule is CC1(C)OB(c2ccccc2OC2CCCC2)OC1(C)C. The van der Waals surface area contributed by atoms with Gasteiger partial charge in [0.2, 0.25) is 0 Å². The van der Waals surface area contributed by atoms with Gasteiger partial charge in [-0.1, -0.05) is 18.2 Å². The van der Waals surface area contributed by atoms with Crippen LogP contribution in [0.2, 0.25) is 0 Å². The molecule has 0 aromatic heterocycles. The van der Waals surface area contributed by atoms with Crippen molar-refractivity contribution < 1.29 is 14.0 Å². The lowest BCUT2D eigenvalue weighted by atomic mass is 9.78. The molecule has 3 rings (SSSR count). The van der Waals surface area contributed by atoms with E-state index in [0.29, 0.717) is 6.10 Å². The molecule has 0 radical (unpaired) electrons. The summed E-state index contributed by atoms with van der Waals surface area (Å²) >= 11 is 0. The summed E-state index contributed by atoms with van der Waals surface area (Å²) in [6.45, 7) is 8.31. The summed E-state index contributed by atoms with van der Waals surface area (Å²) in [5.74, 6) is 0.905. The molecule has 0 bridgehead atoms. The van der Waals surface area contributed by atoms with Gasteiger partial charge in [-0.2, -0.15) is 0 Å². The molecule has 0 atom stereocenters. The molecule has 1 aromatic carbocycles. The summed E-state index contributed by atoms with van der Waals surface area (Å²) in [4.78, 5) is 0. The Morgan fingerprint density at radius 2 is 1.57 bits per heavy atom. The zero-order valence-corrected chi connectivity index (χ0v) is 13.5. The molecule has 4 heteroatoms. The van der Waals surface area contributed by atoms with Crippen LogP contribution in [0.1, 0.15) is 53.4 Å². The maximum absolute atomic E-state index is 6.20. The first-order valence-electron chi connectivity index (χ1n) is 8.00. The summed E-state index contributed by atoms with van der Waals surface area (Å²) in [5, 5.41) is 0. The maximum Gasteiger partial charge on any atom is 0.498 e. The molecule has 1 aliphatic carbocycles. The summed E-state index contributed by atoms with van der Waals surface area (Å²) < 4.78 is 18.5. The first-order valence-corrected chi connectivity index (χ1v) is 8.00. The first kappa shape index (κ1) is 14.9. The second-order valence-electron chi connectivity index (χ2n) is 7.15. The van der Waals surface area contributed by atoms with Crippen LogP contribution in [-0.4, -0.2) is 24.4 Å². The highest BCUT2D eigenvalue weighted by atomic mass is 16.7. The number of ether oxygens (including phenoxy) is 1. The number of rotatable bonds is 3. The molecule has 2 aliphatic rings. The Morgan fingerprint density at radius 1 is 1.00 bits per heavy atom. The lowest BCUT2D eigenvalue weighted by Gasteiger charge is -2.32. The fourth-order valence-corrected chi connectivity index (χ4v) is 2.94. The third-order valence-corrected chi connectivity index (χ3v) is 5.02. The van der Waals surface area contributed by atoms with Crippen molar-refractivity contribution in [3.63, 3.8) is 0 Å². The van der Waals surface area contributed by atoms with E-state index in [2.05, 4.69) is 27.7 Å². The summed E-state index contributed by atoms with van der Waals surface area (Å²) in [7, 11) is -0.354. The van der Waals surface area contributed by atoms with Gasteiger partial charge in [-0.15, -0.1) is 0 Å².